The fourth-order valence-corrected chi connectivity index (χ4v) is 4.39. The average Bonchev–Trinajstić information content (AvgIpc) is 3.19. The molecule has 148 valence electrons. The second-order valence-corrected chi connectivity index (χ2v) is 7.99. The Kier molecular flexibility index (Phi) is 5.56. The van der Waals surface area contributed by atoms with E-state index in [1.165, 1.54) is 0 Å². The SMILES string of the molecule is CC1=C(C(=O)OCC2CCCO2)C(c2ccc(Cl)cc2)C2=C(CCCC2=O)N1. The van der Waals surface area contributed by atoms with Crippen LogP contribution in [-0.4, -0.2) is 31.1 Å². The number of Topliss-reactive ketones (excluding diaryl/α,β-unsaturated/α-hetero) is 1. The molecule has 0 radical (unpaired) electrons. The first kappa shape index (κ1) is 19.2. The normalized spacial score (nSPS) is 24.9. The van der Waals surface area contributed by atoms with Gasteiger partial charge in [0.25, 0.3) is 0 Å². The third kappa shape index (κ3) is 3.74. The van der Waals surface area contributed by atoms with E-state index in [0.717, 1.165) is 42.6 Å². The summed E-state index contributed by atoms with van der Waals surface area (Å²) in [5.41, 5.74) is 3.71. The van der Waals surface area contributed by atoms with Crippen molar-refractivity contribution in [1.82, 2.24) is 5.32 Å². The highest BCUT2D eigenvalue weighted by Crippen LogP contribution is 2.42. The van der Waals surface area contributed by atoms with Crippen molar-refractivity contribution in [3.05, 3.63) is 57.4 Å². The molecule has 0 aromatic heterocycles. The zero-order valence-electron chi connectivity index (χ0n) is 15.9. The predicted octanol–water partition coefficient (Wildman–Crippen LogP) is 4.03. The molecule has 1 aromatic carbocycles. The molecule has 0 amide bonds. The van der Waals surface area contributed by atoms with Gasteiger partial charge in [-0.3, -0.25) is 4.79 Å². The van der Waals surface area contributed by atoms with Crippen LogP contribution in [0.3, 0.4) is 0 Å². The first-order valence-corrected chi connectivity index (χ1v) is 10.2. The van der Waals surface area contributed by atoms with Gasteiger partial charge in [0.15, 0.2) is 5.78 Å². The molecule has 3 aliphatic rings. The zero-order chi connectivity index (χ0) is 19.7. The Labute approximate surface area is 169 Å². The lowest BCUT2D eigenvalue weighted by molar-refractivity contribution is -0.142. The second kappa shape index (κ2) is 8.10. The number of ketones is 1. The van der Waals surface area contributed by atoms with Crippen LogP contribution in [0, 0.1) is 0 Å². The highest BCUT2D eigenvalue weighted by Gasteiger charge is 2.39. The second-order valence-electron chi connectivity index (χ2n) is 7.55. The molecule has 2 atom stereocenters. The maximum atomic E-state index is 13.1. The van der Waals surface area contributed by atoms with Gasteiger partial charge < -0.3 is 14.8 Å². The molecule has 2 heterocycles. The predicted molar refractivity (Wildman–Crippen MR) is 106 cm³/mol. The summed E-state index contributed by atoms with van der Waals surface area (Å²) >= 11 is 6.06. The van der Waals surface area contributed by atoms with Crippen LogP contribution in [0.25, 0.3) is 0 Å². The van der Waals surface area contributed by atoms with Gasteiger partial charge in [-0.15, -0.1) is 0 Å². The number of carbonyl (C=O) groups is 2. The molecule has 0 spiro atoms. The lowest BCUT2D eigenvalue weighted by Gasteiger charge is -2.34. The average molecular weight is 402 g/mol. The molecular formula is C22H24ClNO4. The summed E-state index contributed by atoms with van der Waals surface area (Å²) in [6.45, 7) is 2.82. The van der Waals surface area contributed by atoms with Crippen molar-refractivity contribution in [2.45, 2.75) is 51.0 Å². The van der Waals surface area contributed by atoms with E-state index in [9.17, 15) is 9.59 Å². The Morgan fingerprint density at radius 2 is 2.04 bits per heavy atom. The van der Waals surface area contributed by atoms with E-state index in [1.54, 1.807) is 12.1 Å². The van der Waals surface area contributed by atoms with E-state index in [4.69, 9.17) is 21.1 Å². The quantitative estimate of drug-likeness (QED) is 0.771. The van der Waals surface area contributed by atoms with Crippen molar-refractivity contribution in [3.8, 4) is 0 Å². The fourth-order valence-electron chi connectivity index (χ4n) is 4.26. The number of dihydropyridines is 1. The molecule has 4 rings (SSSR count). The summed E-state index contributed by atoms with van der Waals surface area (Å²) in [6.07, 6.45) is 3.98. The highest BCUT2D eigenvalue weighted by molar-refractivity contribution is 6.30. The molecule has 5 nitrogen and oxygen atoms in total. The summed E-state index contributed by atoms with van der Waals surface area (Å²) in [6, 6.07) is 7.34. The van der Waals surface area contributed by atoms with Gasteiger partial charge in [0.2, 0.25) is 0 Å². The van der Waals surface area contributed by atoms with E-state index in [0.29, 0.717) is 29.2 Å². The van der Waals surface area contributed by atoms with E-state index >= 15 is 0 Å². The first-order valence-electron chi connectivity index (χ1n) is 9.83. The summed E-state index contributed by atoms with van der Waals surface area (Å²) in [7, 11) is 0. The standard InChI is InChI=1S/C22H24ClNO4/c1-13-19(22(26)28-12-16-4-3-11-27-16)20(14-7-9-15(23)10-8-14)21-17(24-13)5-2-6-18(21)25/h7-10,16,20,24H,2-6,11-12H2,1H3. The molecule has 0 bridgehead atoms. The Bertz CT molecular complexity index is 850. The van der Waals surface area contributed by atoms with Crippen molar-refractivity contribution < 1.29 is 19.1 Å². The van der Waals surface area contributed by atoms with E-state index < -0.39 is 11.9 Å². The number of ether oxygens (including phenoxy) is 2. The molecule has 0 saturated carbocycles. The van der Waals surface area contributed by atoms with Crippen molar-refractivity contribution >= 4 is 23.4 Å². The monoisotopic (exact) mass is 401 g/mol. The van der Waals surface area contributed by atoms with Crippen LogP contribution in [0.2, 0.25) is 5.02 Å². The van der Waals surface area contributed by atoms with Crippen molar-refractivity contribution in [2.75, 3.05) is 13.2 Å². The van der Waals surface area contributed by atoms with Gasteiger partial charge in [-0.25, -0.2) is 4.79 Å². The lowest BCUT2D eigenvalue weighted by Crippen LogP contribution is -2.35. The summed E-state index contributed by atoms with van der Waals surface area (Å²) in [5.74, 6) is -0.741. The number of rotatable bonds is 4. The van der Waals surface area contributed by atoms with E-state index in [2.05, 4.69) is 5.32 Å². The van der Waals surface area contributed by atoms with Crippen LogP contribution in [0.1, 0.15) is 50.5 Å². The topological polar surface area (TPSA) is 64.6 Å². The number of hydrogen-bond acceptors (Lipinski definition) is 5. The Balaban J connectivity index is 1.68. The molecule has 1 fully saturated rings. The Morgan fingerprint density at radius 3 is 2.75 bits per heavy atom. The number of carbonyl (C=O) groups excluding carboxylic acids is 2. The number of esters is 1. The van der Waals surface area contributed by atoms with E-state index in [1.807, 2.05) is 19.1 Å². The maximum Gasteiger partial charge on any atom is 0.336 e. The largest absolute Gasteiger partial charge is 0.459 e. The Hall–Kier alpha value is -2.11. The molecule has 28 heavy (non-hydrogen) atoms. The molecule has 1 aliphatic carbocycles. The Morgan fingerprint density at radius 1 is 1.25 bits per heavy atom. The van der Waals surface area contributed by atoms with Gasteiger partial charge >= 0.3 is 5.97 Å². The van der Waals surface area contributed by atoms with Crippen molar-refractivity contribution in [1.29, 1.82) is 0 Å². The third-order valence-corrected chi connectivity index (χ3v) is 5.88. The molecule has 2 aliphatic heterocycles. The molecule has 1 aromatic rings. The first-order chi connectivity index (χ1) is 13.5. The zero-order valence-corrected chi connectivity index (χ0v) is 16.7. The number of hydrogen-bond donors (Lipinski definition) is 1. The fraction of sp³-hybridized carbons (Fsp3) is 0.455. The van der Waals surface area contributed by atoms with Crippen LogP contribution in [0.4, 0.5) is 0 Å². The smallest absolute Gasteiger partial charge is 0.336 e. The number of nitrogens with one attached hydrogen (secondary N) is 1. The summed E-state index contributed by atoms with van der Waals surface area (Å²) < 4.78 is 11.2. The van der Waals surface area contributed by atoms with Gasteiger partial charge in [-0.2, -0.15) is 0 Å². The third-order valence-electron chi connectivity index (χ3n) is 5.62. The molecule has 6 heteroatoms. The van der Waals surface area contributed by atoms with Crippen LogP contribution in [-0.2, 0) is 19.1 Å². The van der Waals surface area contributed by atoms with Gasteiger partial charge in [0.05, 0.1) is 11.7 Å². The van der Waals surface area contributed by atoms with Crippen molar-refractivity contribution in [2.24, 2.45) is 0 Å². The maximum absolute atomic E-state index is 13.1. The number of halogens is 1. The molecule has 1 saturated heterocycles. The number of benzene rings is 1. The minimum absolute atomic E-state index is 0.0403. The summed E-state index contributed by atoms with van der Waals surface area (Å²) in [5, 5.41) is 3.91. The van der Waals surface area contributed by atoms with Crippen molar-refractivity contribution in [3.63, 3.8) is 0 Å². The van der Waals surface area contributed by atoms with Gasteiger partial charge in [-0.05, 0) is 50.3 Å². The highest BCUT2D eigenvalue weighted by atomic mass is 35.5. The van der Waals surface area contributed by atoms with Crippen LogP contribution < -0.4 is 5.32 Å². The molecule has 1 N–H and O–H groups in total. The minimum Gasteiger partial charge on any atom is -0.459 e. The van der Waals surface area contributed by atoms with Gasteiger partial charge in [0, 0.05) is 40.9 Å². The number of allylic oxidation sites excluding steroid dienone is 3. The van der Waals surface area contributed by atoms with Crippen LogP contribution >= 0.6 is 11.6 Å². The minimum atomic E-state index is -0.432. The summed E-state index contributed by atoms with van der Waals surface area (Å²) in [4.78, 5) is 25.9. The van der Waals surface area contributed by atoms with Crippen LogP contribution in [0.15, 0.2) is 46.8 Å². The van der Waals surface area contributed by atoms with Gasteiger partial charge in [0.1, 0.15) is 6.61 Å². The lowest BCUT2D eigenvalue weighted by atomic mass is 9.75. The van der Waals surface area contributed by atoms with Crippen LogP contribution in [0.5, 0.6) is 0 Å². The molecular weight excluding hydrogens is 378 g/mol. The van der Waals surface area contributed by atoms with E-state index in [-0.39, 0.29) is 18.5 Å². The molecule has 2 unspecified atom stereocenters. The van der Waals surface area contributed by atoms with Gasteiger partial charge in [-0.1, -0.05) is 23.7 Å².